The topological polar surface area (TPSA) is 48.5 Å². The second-order valence-electron chi connectivity index (χ2n) is 15.6. The van der Waals surface area contributed by atoms with E-state index in [1.54, 1.807) is 0 Å². The van der Waals surface area contributed by atoms with Crippen LogP contribution in [0.1, 0.15) is 0 Å². The zero-order valence-electron chi connectivity index (χ0n) is 33.6. The highest BCUT2D eigenvalue weighted by atomic mass is 15.2. The van der Waals surface area contributed by atoms with Crippen LogP contribution in [0, 0.1) is 0 Å². The van der Waals surface area contributed by atoms with Gasteiger partial charge in [-0.15, -0.1) is 0 Å². The van der Waals surface area contributed by atoms with Crippen molar-refractivity contribution in [2.75, 3.05) is 0 Å². The van der Waals surface area contributed by atoms with E-state index in [9.17, 15) is 0 Å². The van der Waals surface area contributed by atoms with Crippen molar-refractivity contribution < 1.29 is 0 Å². The number of para-hydroxylation sites is 3. The first kappa shape index (κ1) is 35.5. The van der Waals surface area contributed by atoms with Crippen molar-refractivity contribution in [1.82, 2.24) is 24.1 Å². The van der Waals surface area contributed by atoms with Gasteiger partial charge in [0, 0.05) is 38.2 Å². The quantitative estimate of drug-likeness (QED) is 0.162. The Morgan fingerprint density at radius 2 is 0.661 bits per heavy atom. The molecule has 9 aromatic carbocycles. The number of rotatable bonds is 7. The van der Waals surface area contributed by atoms with Gasteiger partial charge < -0.3 is 4.57 Å². The predicted molar refractivity (Wildman–Crippen MR) is 256 cm³/mol. The molecule has 0 saturated carbocycles. The summed E-state index contributed by atoms with van der Waals surface area (Å²) >= 11 is 0. The molecule has 0 radical (unpaired) electrons. The van der Waals surface area contributed by atoms with E-state index in [0.29, 0.717) is 17.6 Å². The van der Waals surface area contributed by atoms with Gasteiger partial charge in [0.1, 0.15) is 0 Å². The molecule has 0 aliphatic rings. The van der Waals surface area contributed by atoms with Crippen molar-refractivity contribution in [2.24, 2.45) is 0 Å². The van der Waals surface area contributed by atoms with Crippen LogP contribution < -0.4 is 0 Å². The lowest BCUT2D eigenvalue weighted by atomic mass is 9.99. The fourth-order valence-corrected chi connectivity index (χ4v) is 9.04. The summed E-state index contributed by atoms with van der Waals surface area (Å²) in [7, 11) is 0. The fourth-order valence-electron chi connectivity index (χ4n) is 9.04. The third-order valence-electron chi connectivity index (χ3n) is 12.0. The smallest absolute Gasteiger partial charge is 0.238 e. The van der Waals surface area contributed by atoms with Gasteiger partial charge in [-0.25, -0.2) is 4.98 Å². The standard InChI is InChI=1S/C57H37N5/c1-4-16-38(17-5-1)40-28-32-42(33-29-40)45-22-10-13-25-50(45)61-51-26-14-11-23-46(51)48-36-49-47-24-12-15-27-52(47)62(54(49)37-53(48)61)57-59-55(43-20-8-3-9-21-43)58-56(60-57)44-34-30-41(31-35-44)39-18-6-2-7-19-39/h1-37H. The molecular formula is C57H37N5. The average Bonchev–Trinajstić information content (AvgIpc) is 3.86. The van der Waals surface area contributed by atoms with E-state index in [0.717, 1.165) is 71.9 Å². The van der Waals surface area contributed by atoms with Crippen molar-refractivity contribution in [2.45, 2.75) is 0 Å². The van der Waals surface area contributed by atoms with Gasteiger partial charge in [-0.3, -0.25) is 4.57 Å². The van der Waals surface area contributed by atoms with Crippen LogP contribution in [0.2, 0.25) is 0 Å². The molecular weight excluding hydrogens is 755 g/mol. The van der Waals surface area contributed by atoms with E-state index >= 15 is 0 Å². The van der Waals surface area contributed by atoms with E-state index in [2.05, 4.69) is 209 Å². The highest BCUT2D eigenvalue weighted by Gasteiger charge is 2.22. The predicted octanol–water partition coefficient (Wildman–Crippen LogP) is 14.4. The number of benzene rings is 9. The number of nitrogens with zero attached hydrogens (tertiary/aromatic N) is 5. The molecule has 290 valence electrons. The van der Waals surface area contributed by atoms with Gasteiger partial charge in [0.2, 0.25) is 5.95 Å². The molecule has 3 heterocycles. The van der Waals surface area contributed by atoms with E-state index in [4.69, 9.17) is 15.0 Å². The minimum atomic E-state index is 0.563. The Kier molecular flexibility index (Phi) is 8.42. The number of fused-ring (bicyclic) bond motifs is 6. The summed E-state index contributed by atoms with van der Waals surface area (Å²) < 4.78 is 4.64. The molecule has 62 heavy (non-hydrogen) atoms. The number of hydrogen-bond donors (Lipinski definition) is 0. The van der Waals surface area contributed by atoms with Crippen molar-refractivity contribution >= 4 is 43.6 Å². The summed E-state index contributed by atoms with van der Waals surface area (Å²) in [6.45, 7) is 0. The fraction of sp³-hybridized carbons (Fsp3) is 0. The van der Waals surface area contributed by atoms with Crippen LogP contribution in [0.4, 0.5) is 0 Å². The van der Waals surface area contributed by atoms with Crippen LogP contribution in [0.15, 0.2) is 224 Å². The molecule has 0 atom stereocenters. The third-order valence-corrected chi connectivity index (χ3v) is 12.0. The number of hydrogen-bond acceptors (Lipinski definition) is 3. The average molecular weight is 792 g/mol. The minimum absolute atomic E-state index is 0.563. The maximum absolute atomic E-state index is 5.29. The van der Waals surface area contributed by atoms with Crippen LogP contribution in [-0.4, -0.2) is 24.1 Å². The first-order valence-corrected chi connectivity index (χ1v) is 20.9. The zero-order valence-corrected chi connectivity index (χ0v) is 33.6. The molecule has 5 heteroatoms. The summed E-state index contributed by atoms with van der Waals surface area (Å²) in [6.07, 6.45) is 0. The van der Waals surface area contributed by atoms with Gasteiger partial charge in [-0.05, 0) is 58.1 Å². The molecule has 0 aliphatic carbocycles. The minimum Gasteiger partial charge on any atom is -0.309 e. The van der Waals surface area contributed by atoms with Gasteiger partial charge >= 0.3 is 0 Å². The highest BCUT2D eigenvalue weighted by molar-refractivity contribution is 6.19. The molecule has 0 unspecified atom stereocenters. The summed E-state index contributed by atoms with van der Waals surface area (Å²) in [5.41, 5.74) is 14.3. The van der Waals surface area contributed by atoms with E-state index in [-0.39, 0.29) is 0 Å². The maximum atomic E-state index is 5.29. The van der Waals surface area contributed by atoms with Gasteiger partial charge in [-0.2, -0.15) is 9.97 Å². The SMILES string of the molecule is c1ccc(-c2ccc(-c3nc(-c4ccccc4)nc(-n4c5ccccc5c5cc6c7ccccc7n(-c7ccccc7-c7ccc(-c8ccccc8)cc7)c6cc54)n3)cc2)cc1. The van der Waals surface area contributed by atoms with Gasteiger partial charge in [0.15, 0.2) is 11.6 Å². The Labute approximate surface area is 358 Å². The molecule has 0 amide bonds. The van der Waals surface area contributed by atoms with Crippen LogP contribution in [0.3, 0.4) is 0 Å². The Hall–Kier alpha value is -8.41. The zero-order chi connectivity index (χ0) is 41.0. The Morgan fingerprint density at radius 3 is 1.24 bits per heavy atom. The van der Waals surface area contributed by atoms with Crippen LogP contribution in [0.25, 0.3) is 111 Å². The molecule has 0 aliphatic heterocycles. The number of aromatic nitrogens is 5. The monoisotopic (exact) mass is 791 g/mol. The lowest BCUT2D eigenvalue weighted by Gasteiger charge is -2.15. The first-order valence-electron chi connectivity index (χ1n) is 20.9. The summed E-state index contributed by atoms with van der Waals surface area (Å²) in [4.78, 5) is 15.7. The largest absolute Gasteiger partial charge is 0.309 e. The van der Waals surface area contributed by atoms with E-state index in [1.807, 2.05) is 24.3 Å². The molecule has 12 rings (SSSR count). The normalized spacial score (nSPS) is 11.5. The van der Waals surface area contributed by atoms with Crippen LogP contribution in [-0.2, 0) is 0 Å². The molecule has 0 fully saturated rings. The Morgan fingerprint density at radius 1 is 0.258 bits per heavy atom. The molecule has 5 nitrogen and oxygen atoms in total. The molecule has 0 spiro atoms. The summed E-state index contributed by atoms with van der Waals surface area (Å²) in [5, 5.41) is 4.65. The van der Waals surface area contributed by atoms with E-state index < -0.39 is 0 Å². The molecule has 12 aromatic rings. The second-order valence-corrected chi connectivity index (χ2v) is 15.6. The Bertz CT molecular complexity index is 3590. The van der Waals surface area contributed by atoms with Crippen molar-refractivity contribution in [1.29, 1.82) is 0 Å². The molecule has 0 saturated heterocycles. The van der Waals surface area contributed by atoms with Gasteiger partial charge in [0.25, 0.3) is 0 Å². The van der Waals surface area contributed by atoms with Gasteiger partial charge in [-0.1, -0.05) is 194 Å². The Balaban J connectivity index is 1.09. The second kappa shape index (κ2) is 14.7. The van der Waals surface area contributed by atoms with Gasteiger partial charge in [0.05, 0.1) is 27.8 Å². The highest BCUT2D eigenvalue weighted by Crippen LogP contribution is 2.41. The lowest BCUT2D eigenvalue weighted by molar-refractivity contribution is 0.953. The maximum Gasteiger partial charge on any atom is 0.238 e. The molecule has 0 bridgehead atoms. The first-order chi connectivity index (χ1) is 30.7. The third kappa shape index (κ3) is 5.98. The van der Waals surface area contributed by atoms with Crippen molar-refractivity contribution in [3.8, 4) is 67.8 Å². The summed E-state index contributed by atoms with van der Waals surface area (Å²) in [6, 6.07) is 79.3. The summed E-state index contributed by atoms with van der Waals surface area (Å²) in [5.74, 6) is 1.79. The van der Waals surface area contributed by atoms with E-state index in [1.165, 1.54) is 21.9 Å². The van der Waals surface area contributed by atoms with Crippen LogP contribution >= 0.6 is 0 Å². The lowest BCUT2D eigenvalue weighted by Crippen LogP contribution is -2.06. The van der Waals surface area contributed by atoms with Crippen molar-refractivity contribution in [3.63, 3.8) is 0 Å². The molecule has 0 N–H and O–H groups in total. The van der Waals surface area contributed by atoms with Crippen molar-refractivity contribution in [3.05, 3.63) is 224 Å². The molecule has 3 aromatic heterocycles. The van der Waals surface area contributed by atoms with Crippen LogP contribution in [0.5, 0.6) is 0 Å².